The van der Waals surface area contributed by atoms with E-state index >= 15 is 0 Å². The molecule has 0 saturated carbocycles. The SMILES string of the molecule is C[C@H](c1cccc(-c2nccn2Cc2cccnc2)c1)N(C)C. The van der Waals surface area contributed by atoms with Gasteiger partial charge in [-0.25, -0.2) is 4.98 Å². The van der Waals surface area contributed by atoms with E-state index in [0.717, 1.165) is 17.9 Å². The van der Waals surface area contributed by atoms with Crippen LogP contribution < -0.4 is 0 Å². The summed E-state index contributed by atoms with van der Waals surface area (Å²) in [4.78, 5) is 11.0. The Labute approximate surface area is 137 Å². The summed E-state index contributed by atoms with van der Waals surface area (Å²) in [7, 11) is 4.20. The molecular weight excluding hydrogens is 284 g/mol. The quantitative estimate of drug-likeness (QED) is 0.722. The van der Waals surface area contributed by atoms with Crippen LogP contribution in [0.2, 0.25) is 0 Å². The number of nitrogens with zero attached hydrogens (tertiary/aromatic N) is 4. The van der Waals surface area contributed by atoms with Crippen molar-refractivity contribution >= 4 is 0 Å². The molecule has 0 N–H and O–H groups in total. The van der Waals surface area contributed by atoms with Gasteiger partial charge in [0, 0.05) is 36.4 Å². The van der Waals surface area contributed by atoms with Gasteiger partial charge in [0.25, 0.3) is 0 Å². The number of pyridine rings is 1. The van der Waals surface area contributed by atoms with E-state index in [0.29, 0.717) is 6.04 Å². The molecule has 1 atom stereocenters. The van der Waals surface area contributed by atoms with Gasteiger partial charge in [-0.05, 0) is 44.3 Å². The Morgan fingerprint density at radius 2 is 2.00 bits per heavy atom. The van der Waals surface area contributed by atoms with Crippen LogP contribution in [0.5, 0.6) is 0 Å². The summed E-state index contributed by atoms with van der Waals surface area (Å²) in [5.74, 6) is 0.988. The van der Waals surface area contributed by atoms with Crippen molar-refractivity contribution in [2.45, 2.75) is 19.5 Å². The third-order valence-corrected chi connectivity index (χ3v) is 4.19. The number of hydrogen-bond donors (Lipinski definition) is 0. The topological polar surface area (TPSA) is 34.0 Å². The molecule has 3 rings (SSSR count). The summed E-state index contributed by atoms with van der Waals surface area (Å²) in [6, 6.07) is 13.0. The molecule has 0 fully saturated rings. The van der Waals surface area contributed by atoms with Gasteiger partial charge in [0.05, 0.1) is 6.54 Å². The van der Waals surface area contributed by atoms with Gasteiger partial charge in [0.1, 0.15) is 5.82 Å². The highest BCUT2D eigenvalue weighted by atomic mass is 15.1. The van der Waals surface area contributed by atoms with E-state index in [4.69, 9.17) is 0 Å². The van der Waals surface area contributed by atoms with Crippen LogP contribution in [0.4, 0.5) is 0 Å². The van der Waals surface area contributed by atoms with Crippen LogP contribution in [0.15, 0.2) is 61.2 Å². The molecule has 0 aliphatic rings. The first-order valence-electron chi connectivity index (χ1n) is 7.82. The van der Waals surface area contributed by atoms with E-state index in [1.54, 1.807) is 6.20 Å². The second-order valence-electron chi connectivity index (χ2n) is 6.01. The molecule has 4 heteroatoms. The van der Waals surface area contributed by atoms with Gasteiger partial charge in [-0.1, -0.05) is 24.3 Å². The molecule has 2 heterocycles. The summed E-state index contributed by atoms with van der Waals surface area (Å²) >= 11 is 0. The monoisotopic (exact) mass is 306 g/mol. The Kier molecular flexibility index (Phi) is 4.53. The second-order valence-corrected chi connectivity index (χ2v) is 6.01. The maximum absolute atomic E-state index is 4.56. The molecule has 0 aliphatic carbocycles. The van der Waals surface area contributed by atoms with Gasteiger partial charge in [0.2, 0.25) is 0 Å². The number of hydrogen-bond acceptors (Lipinski definition) is 3. The van der Waals surface area contributed by atoms with Gasteiger partial charge in [-0.2, -0.15) is 0 Å². The van der Waals surface area contributed by atoms with Crippen LogP contribution in [-0.4, -0.2) is 33.5 Å². The molecule has 3 aromatic rings. The van der Waals surface area contributed by atoms with E-state index in [-0.39, 0.29) is 0 Å². The van der Waals surface area contributed by atoms with Crippen molar-refractivity contribution in [1.29, 1.82) is 0 Å². The molecule has 0 bridgehead atoms. The first-order chi connectivity index (χ1) is 11.1. The number of benzene rings is 1. The van der Waals surface area contributed by atoms with Crippen molar-refractivity contribution in [3.63, 3.8) is 0 Å². The van der Waals surface area contributed by atoms with Crippen molar-refractivity contribution in [2.75, 3.05) is 14.1 Å². The smallest absolute Gasteiger partial charge is 0.140 e. The molecule has 0 spiro atoms. The van der Waals surface area contributed by atoms with Crippen molar-refractivity contribution in [3.05, 3.63) is 72.3 Å². The van der Waals surface area contributed by atoms with Gasteiger partial charge in [-0.3, -0.25) is 4.98 Å². The Morgan fingerprint density at radius 3 is 2.74 bits per heavy atom. The lowest BCUT2D eigenvalue weighted by Crippen LogP contribution is -2.16. The zero-order chi connectivity index (χ0) is 16.2. The van der Waals surface area contributed by atoms with E-state index in [2.05, 4.69) is 70.8 Å². The van der Waals surface area contributed by atoms with E-state index in [1.165, 1.54) is 11.1 Å². The minimum absolute atomic E-state index is 0.372. The molecule has 23 heavy (non-hydrogen) atoms. The van der Waals surface area contributed by atoms with Crippen LogP contribution in [0, 0.1) is 0 Å². The predicted octanol–water partition coefficient (Wildman–Crippen LogP) is 3.62. The van der Waals surface area contributed by atoms with Crippen molar-refractivity contribution in [1.82, 2.24) is 19.4 Å². The third kappa shape index (κ3) is 3.48. The molecule has 0 amide bonds. The van der Waals surface area contributed by atoms with Gasteiger partial charge in [0.15, 0.2) is 0 Å². The van der Waals surface area contributed by atoms with Crippen LogP contribution in [0.3, 0.4) is 0 Å². The first kappa shape index (κ1) is 15.4. The fourth-order valence-corrected chi connectivity index (χ4v) is 2.62. The lowest BCUT2D eigenvalue weighted by Gasteiger charge is -2.20. The molecule has 4 nitrogen and oxygen atoms in total. The Bertz CT molecular complexity index is 762. The summed E-state index contributed by atoms with van der Waals surface area (Å²) < 4.78 is 2.16. The van der Waals surface area contributed by atoms with Crippen molar-refractivity contribution in [2.24, 2.45) is 0 Å². The highest BCUT2D eigenvalue weighted by molar-refractivity contribution is 5.57. The predicted molar refractivity (Wildman–Crippen MR) is 93.1 cm³/mol. The Balaban J connectivity index is 1.91. The molecular formula is C19H22N4. The first-order valence-corrected chi connectivity index (χ1v) is 7.82. The molecule has 1 aromatic carbocycles. The maximum atomic E-state index is 4.56. The molecule has 0 aliphatic heterocycles. The lowest BCUT2D eigenvalue weighted by atomic mass is 10.0. The van der Waals surface area contributed by atoms with Crippen LogP contribution >= 0.6 is 0 Å². The van der Waals surface area contributed by atoms with Crippen molar-refractivity contribution in [3.8, 4) is 11.4 Å². The van der Waals surface area contributed by atoms with Gasteiger partial charge >= 0.3 is 0 Å². The number of imidazole rings is 1. The fourth-order valence-electron chi connectivity index (χ4n) is 2.62. The standard InChI is InChI=1S/C19H22N4/c1-15(22(2)3)17-7-4-8-18(12-17)19-21-10-11-23(19)14-16-6-5-9-20-13-16/h4-13,15H,14H2,1-3H3/t15-/m1/s1. The summed E-state index contributed by atoms with van der Waals surface area (Å²) in [6.07, 6.45) is 7.57. The minimum atomic E-state index is 0.372. The molecule has 0 saturated heterocycles. The Morgan fingerprint density at radius 1 is 1.13 bits per heavy atom. The van der Waals surface area contributed by atoms with Gasteiger partial charge < -0.3 is 9.47 Å². The van der Waals surface area contributed by atoms with Crippen molar-refractivity contribution < 1.29 is 0 Å². The zero-order valence-electron chi connectivity index (χ0n) is 13.8. The lowest BCUT2D eigenvalue weighted by molar-refractivity contribution is 0.321. The molecule has 2 aromatic heterocycles. The molecule has 118 valence electrons. The number of rotatable bonds is 5. The molecule has 0 radical (unpaired) electrons. The summed E-state index contributed by atoms with van der Waals surface area (Å²) in [6.45, 7) is 2.98. The summed E-state index contributed by atoms with van der Waals surface area (Å²) in [5.41, 5.74) is 3.61. The van der Waals surface area contributed by atoms with E-state index in [1.807, 2.05) is 24.7 Å². The van der Waals surface area contributed by atoms with Crippen LogP contribution in [-0.2, 0) is 6.54 Å². The fraction of sp³-hybridized carbons (Fsp3) is 0.263. The average molecular weight is 306 g/mol. The minimum Gasteiger partial charge on any atom is -0.327 e. The normalized spacial score (nSPS) is 12.5. The maximum Gasteiger partial charge on any atom is 0.140 e. The zero-order valence-corrected chi connectivity index (χ0v) is 13.8. The third-order valence-electron chi connectivity index (χ3n) is 4.19. The average Bonchev–Trinajstić information content (AvgIpc) is 3.03. The van der Waals surface area contributed by atoms with Gasteiger partial charge in [-0.15, -0.1) is 0 Å². The largest absolute Gasteiger partial charge is 0.327 e. The highest BCUT2D eigenvalue weighted by Gasteiger charge is 2.11. The Hall–Kier alpha value is -2.46. The van der Waals surface area contributed by atoms with Crippen LogP contribution in [0.25, 0.3) is 11.4 Å². The number of aromatic nitrogens is 3. The van der Waals surface area contributed by atoms with E-state index in [9.17, 15) is 0 Å². The second kappa shape index (κ2) is 6.75. The summed E-state index contributed by atoms with van der Waals surface area (Å²) in [5, 5.41) is 0. The molecule has 0 unspecified atom stereocenters. The highest BCUT2D eigenvalue weighted by Crippen LogP contribution is 2.24. The van der Waals surface area contributed by atoms with Crippen LogP contribution in [0.1, 0.15) is 24.1 Å². The van der Waals surface area contributed by atoms with E-state index < -0.39 is 0 Å².